The SMILES string of the molecule is Cc1cccc2c1Oc1cccc(C)c1S2. The van der Waals surface area contributed by atoms with Gasteiger partial charge in [-0.3, -0.25) is 0 Å². The number of ether oxygens (including phenoxy) is 1. The molecule has 80 valence electrons. The summed E-state index contributed by atoms with van der Waals surface area (Å²) in [5, 5.41) is 0. The van der Waals surface area contributed by atoms with Crippen molar-refractivity contribution in [3.05, 3.63) is 47.5 Å². The van der Waals surface area contributed by atoms with E-state index in [1.165, 1.54) is 20.9 Å². The van der Waals surface area contributed by atoms with Gasteiger partial charge in [-0.1, -0.05) is 36.0 Å². The molecule has 0 amide bonds. The lowest BCUT2D eigenvalue weighted by atomic mass is 10.2. The third-order valence-corrected chi connectivity index (χ3v) is 4.04. The van der Waals surface area contributed by atoms with Crippen LogP contribution in [0.4, 0.5) is 0 Å². The van der Waals surface area contributed by atoms with Crippen LogP contribution >= 0.6 is 11.8 Å². The molecule has 1 aliphatic rings. The summed E-state index contributed by atoms with van der Waals surface area (Å²) in [7, 11) is 0. The summed E-state index contributed by atoms with van der Waals surface area (Å²) in [4.78, 5) is 2.45. The van der Waals surface area contributed by atoms with E-state index in [-0.39, 0.29) is 0 Å². The first-order chi connectivity index (χ1) is 7.75. The van der Waals surface area contributed by atoms with E-state index in [0.717, 1.165) is 11.5 Å². The Hall–Kier alpha value is -1.41. The Morgan fingerprint density at radius 2 is 1.69 bits per heavy atom. The molecule has 1 heterocycles. The average Bonchev–Trinajstić information content (AvgIpc) is 2.29. The maximum Gasteiger partial charge on any atom is 0.144 e. The number of aryl methyl sites for hydroxylation is 2. The lowest BCUT2D eigenvalue weighted by Crippen LogP contribution is -1.98. The highest BCUT2D eigenvalue weighted by atomic mass is 32.2. The number of rotatable bonds is 0. The van der Waals surface area contributed by atoms with Gasteiger partial charge < -0.3 is 4.74 Å². The van der Waals surface area contributed by atoms with E-state index in [9.17, 15) is 0 Å². The summed E-state index contributed by atoms with van der Waals surface area (Å²) in [5.74, 6) is 1.98. The van der Waals surface area contributed by atoms with Crippen molar-refractivity contribution < 1.29 is 4.74 Å². The van der Waals surface area contributed by atoms with E-state index in [1.54, 1.807) is 11.8 Å². The molecule has 2 aromatic rings. The van der Waals surface area contributed by atoms with Crippen molar-refractivity contribution in [1.82, 2.24) is 0 Å². The zero-order valence-corrected chi connectivity index (χ0v) is 10.1. The Morgan fingerprint density at radius 1 is 0.938 bits per heavy atom. The molecule has 2 heteroatoms. The molecule has 16 heavy (non-hydrogen) atoms. The monoisotopic (exact) mass is 228 g/mol. The summed E-state index contributed by atoms with van der Waals surface area (Å²) < 4.78 is 5.97. The maximum atomic E-state index is 5.97. The molecule has 0 fully saturated rings. The largest absolute Gasteiger partial charge is 0.455 e. The predicted octanol–water partition coefficient (Wildman–Crippen LogP) is 4.56. The van der Waals surface area contributed by atoms with Gasteiger partial charge in [-0.2, -0.15) is 0 Å². The fourth-order valence-electron chi connectivity index (χ4n) is 1.89. The summed E-state index contributed by atoms with van der Waals surface area (Å²) >= 11 is 1.80. The Balaban J connectivity index is 2.17. The maximum absolute atomic E-state index is 5.97. The van der Waals surface area contributed by atoms with Crippen molar-refractivity contribution in [2.24, 2.45) is 0 Å². The third-order valence-electron chi connectivity index (χ3n) is 2.78. The van der Waals surface area contributed by atoms with E-state index in [1.807, 2.05) is 12.1 Å². The number of benzene rings is 2. The van der Waals surface area contributed by atoms with Crippen LogP contribution in [0.25, 0.3) is 0 Å². The summed E-state index contributed by atoms with van der Waals surface area (Å²) in [6.07, 6.45) is 0. The van der Waals surface area contributed by atoms with Crippen molar-refractivity contribution in [3.8, 4) is 11.5 Å². The quantitative estimate of drug-likeness (QED) is 0.558. The third kappa shape index (κ3) is 1.41. The minimum absolute atomic E-state index is 0.979. The molecule has 0 atom stereocenters. The molecule has 0 unspecified atom stereocenters. The molecular formula is C14H12OS. The zero-order chi connectivity index (χ0) is 11.1. The van der Waals surface area contributed by atoms with Gasteiger partial charge in [0.25, 0.3) is 0 Å². The molecule has 1 aliphatic heterocycles. The molecule has 0 radical (unpaired) electrons. The van der Waals surface area contributed by atoms with E-state index in [2.05, 4.69) is 38.1 Å². The molecule has 0 N–H and O–H groups in total. The van der Waals surface area contributed by atoms with Crippen LogP contribution in [0.3, 0.4) is 0 Å². The van der Waals surface area contributed by atoms with Crippen LogP contribution in [-0.2, 0) is 0 Å². The summed E-state index contributed by atoms with van der Waals surface area (Å²) in [5.41, 5.74) is 2.46. The molecule has 0 saturated carbocycles. The van der Waals surface area contributed by atoms with E-state index < -0.39 is 0 Å². The summed E-state index contributed by atoms with van der Waals surface area (Å²) in [6, 6.07) is 12.5. The minimum atomic E-state index is 0.979. The van der Waals surface area contributed by atoms with Crippen LogP contribution in [0.15, 0.2) is 46.2 Å². The fraction of sp³-hybridized carbons (Fsp3) is 0.143. The van der Waals surface area contributed by atoms with Crippen LogP contribution in [-0.4, -0.2) is 0 Å². The highest BCUT2D eigenvalue weighted by Gasteiger charge is 2.19. The average molecular weight is 228 g/mol. The van der Waals surface area contributed by atoms with Crippen LogP contribution in [0.5, 0.6) is 11.5 Å². The second-order valence-electron chi connectivity index (χ2n) is 4.01. The Morgan fingerprint density at radius 3 is 2.56 bits per heavy atom. The van der Waals surface area contributed by atoms with Crippen molar-refractivity contribution >= 4 is 11.8 Å². The van der Waals surface area contributed by atoms with Gasteiger partial charge in [0.1, 0.15) is 11.5 Å². The minimum Gasteiger partial charge on any atom is -0.455 e. The Labute approximate surface area is 99.4 Å². The fourth-order valence-corrected chi connectivity index (χ4v) is 2.99. The lowest BCUT2D eigenvalue weighted by molar-refractivity contribution is 0.450. The molecule has 0 saturated heterocycles. The van der Waals surface area contributed by atoms with E-state index in [4.69, 9.17) is 4.74 Å². The molecule has 3 rings (SSSR count). The van der Waals surface area contributed by atoms with Crippen LogP contribution in [0.2, 0.25) is 0 Å². The molecule has 0 aromatic heterocycles. The molecule has 1 nitrogen and oxygen atoms in total. The predicted molar refractivity (Wildman–Crippen MR) is 66.6 cm³/mol. The van der Waals surface area contributed by atoms with E-state index >= 15 is 0 Å². The van der Waals surface area contributed by atoms with Crippen LogP contribution in [0.1, 0.15) is 11.1 Å². The van der Waals surface area contributed by atoms with Gasteiger partial charge in [0.05, 0.1) is 9.79 Å². The van der Waals surface area contributed by atoms with Crippen LogP contribution in [0, 0.1) is 13.8 Å². The number of fused-ring (bicyclic) bond motifs is 2. The van der Waals surface area contributed by atoms with Crippen molar-refractivity contribution in [1.29, 1.82) is 0 Å². The van der Waals surface area contributed by atoms with Gasteiger partial charge in [0.15, 0.2) is 0 Å². The van der Waals surface area contributed by atoms with Crippen LogP contribution < -0.4 is 4.74 Å². The molecular weight excluding hydrogens is 216 g/mol. The standard InChI is InChI=1S/C14H12OS/c1-9-5-4-8-12-13(9)15-11-7-3-6-10(2)14(11)16-12/h3-8H,1-2H3. The van der Waals surface area contributed by atoms with E-state index in [0.29, 0.717) is 0 Å². The van der Waals surface area contributed by atoms with Gasteiger partial charge in [0.2, 0.25) is 0 Å². The zero-order valence-electron chi connectivity index (χ0n) is 9.28. The summed E-state index contributed by atoms with van der Waals surface area (Å²) in [6.45, 7) is 4.20. The topological polar surface area (TPSA) is 9.23 Å². The number of hydrogen-bond donors (Lipinski definition) is 0. The van der Waals surface area contributed by atoms with Crippen molar-refractivity contribution in [2.45, 2.75) is 23.6 Å². The normalized spacial score (nSPS) is 12.6. The van der Waals surface area contributed by atoms with Gasteiger partial charge in [0, 0.05) is 0 Å². The second kappa shape index (κ2) is 3.56. The Kier molecular flexibility index (Phi) is 2.18. The molecule has 2 aromatic carbocycles. The molecule has 0 spiro atoms. The lowest BCUT2D eigenvalue weighted by Gasteiger charge is -2.22. The van der Waals surface area contributed by atoms with Crippen molar-refractivity contribution in [3.63, 3.8) is 0 Å². The first kappa shape index (κ1) is 9.79. The van der Waals surface area contributed by atoms with Crippen molar-refractivity contribution in [2.75, 3.05) is 0 Å². The van der Waals surface area contributed by atoms with Gasteiger partial charge >= 0.3 is 0 Å². The highest BCUT2D eigenvalue weighted by molar-refractivity contribution is 7.99. The highest BCUT2D eigenvalue weighted by Crippen LogP contribution is 2.49. The van der Waals surface area contributed by atoms with Gasteiger partial charge in [-0.15, -0.1) is 0 Å². The van der Waals surface area contributed by atoms with Gasteiger partial charge in [-0.05, 0) is 37.1 Å². The van der Waals surface area contributed by atoms with Gasteiger partial charge in [-0.25, -0.2) is 0 Å². The number of hydrogen-bond acceptors (Lipinski definition) is 2. The Bertz CT molecular complexity index is 509. The second-order valence-corrected chi connectivity index (χ2v) is 5.06. The molecule has 0 aliphatic carbocycles. The first-order valence-electron chi connectivity index (χ1n) is 5.30. The molecule has 0 bridgehead atoms. The number of para-hydroxylation sites is 1. The smallest absolute Gasteiger partial charge is 0.144 e. The first-order valence-corrected chi connectivity index (χ1v) is 6.12.